The third-order valence-corrected chi connectivity index (χ3v) is 4.62. The van der Waals surface area contributed by atoms with Gasteiger partial charge in [0.25, 0.3) is 0 Å². The normalized spacial score (nSPS) is 21.2. The molecule has 124 valence electrons. The molecule has 0 spiro atoms. The van der Waals surface area contributed by atoms with Gasteiger partial charge in [-0.15, -0.1) is 0 Å². The smallest absolute Gasteiger partial charge is 0.313 e. The van der Waals surface area contributed by atoms with E-state index in [0.717, 1.165) is 31.6 Å². The SMILES string of the molecule is O=C(NC[C@H]1CCN(C2CC2)C1)C(=O)Nc1ccc(Cl)c(F)c1. The Labute approximate surface area is 139 Å². The van der Waals surface area contributed by atoms with Crippen LogP contribution in [-0.4, -0.2) is 42.4 Å². The molecule has 2 N–H and O–H groups in total. The van der Waals surface area contributed by atoms with Crippen LogP contribution >= 0.6 is 11.6 Å². The number of likely N-dealkylation sites (tertiary alicyclic amines) is 1. The minimum absolute atomic E-state index is 0.0334. The van der Waals surface area contributed by atoms with Gasteiger partial charge in [0, 0.05) is 24.8 Å². The van der Waals surface area contributed by atoms with Gasteiger partial charge in [0.15, 0.2) is 0 Å². The number of hydrogen-bond donors (Lipinski definition) is 2. The highest BCUT2D eigenvalue weighted by Crippen LogP contribution is 2.31. The Morgan fingerprint density at radius 1 is 1.26 bits per heavy atom. The summed E-state index contributed by atoms with van der Waals surface area (Å²) >= 11 is 5.57. The molecule has 1 aliphatic carbocycles. The Kier molecular flexibility index (Phi) is 4.82. The van der Waals surface area contributed by atoms with Crippen LogP contribution in [0.5, 0.6) is 0 Å². The molecule has 0 unspecified atom stereocenters. The van der Waals surface area contributed by atoms with Crippen molar-refractivity contribution in [1.82, 2.24) is 10.2 Å². The maximum absolute atomic E-state index is 13.3. The van der Waals surface area contributed by atoms with Gasteiger partial charge in [-0.05, 0) is 49.9 Å². The molecule has 1 atom stereocenters. The maximum Gasteiger partial charge on any atom is 0.313 e. The monoisotopic (exact) mass is 339 g/mol. The zero-order valence-electron chi connectivity index (χ0n) is 12.6. The van der Waals surface area contributed by atoms with E-state index in [1.54, 1.807) is 0 Å². The highest BCUT2D eigenvalue weighted by atomic mass is 35.5. The van der Waals surface area contributed by atoms with Gasteiger partial charge >= 0.3 is 11.8 Å². The maximum atomic E-state index is 13.3. The van der Waals surface area contributed by atoms with Crippen molar-refractivity contribution in [3.8, 4) is 0 Å². The summed E-state index contributed by atoms with van der Waals surface area (Å²) in [6.45, 7) is 2.54. The molecule has 2 aliphatic rings. The molecular weight excluding hydrogens is 321 g/mol. The Bertz CT molecular complexity index is 621. The van der Waals surface area contributed by atoms with Gasteiger partial charge in [-0.3, -0.25) is 9.59 Å². The molecule has 7 heteroatoms. The predicted octanol–water partition coefficient (Wildman–Crippen LogP) is 2.02. The number of carbonyl (C=O) groups excluding carboxylic acids is 2. The number of anilines is 1. The van der Waals surface area contributed by atoms with E-state index in [4.69, 9.17) is 11.6 Å². The molecule has 1 saturated heterocycles. The van der Waals surface area contributed by atoms with Gasteiger partial charge in [0.1, 0.15) is 5.82 Å². The van der Waals surface area contributed by atoms with E-state index in [1.807, 2.05) is 0 Å². The van der Waals surface area contributed by atoms with Gasteiger partial charge in [-0.1, -0.05) is 11.6 Å². The zero-order valence-corrected chi connectivity index (χ0v) is 13.4. The van der Waals surface area contributed by atoms with E-state index in [1.165, 1.54) is 25.0 Å². The quantitative estimate of drug-likeness (QED) is 0.825. The second-order valence-electron chi connectivity index (χ2n) is 6.17. The van der Waals surface area contributed by atoms with Crippen LogP contribution in [0.25, 0.3) is 0 Å². The van der Waals surface area contributed by atoms with Crippen LogP contribution in [0.15, 0.2) is 18.2 Å². The Hall–Kier alpha value is -1.66. The predicted molar refractivity (Wildman–Crippen MR) is 85.8 cm³/mol. The fraction of sp³-hybridized carbons (Fsp3) is 0.500. The highest BCUT2D eigenvalue weighted by molar-refractivity contribution is 6.39. The number of halogens is 2. The number of benzene rings is 1. The lowest BCUT2D eigenvalue weighted by Crippen LogP contribution is -2.38. The fourth-order valence-electron chi connectivity index (χ4n) is 2.88. The zero-order chi connectivity index (χ0) is 16.4. The number of rotatable bonds is 4. The third kappa shape index (κ3) is 4.20. The average Bonchev–Trinajstić information content (AvgIpc) is 3.27. The lowest BCUT2D eigenvalue weighted by Gasteiger charge is -2.15. The van der Waals surface area contributed by atoms with Crippen LogP contribution in [0.4, 0.5) is 10.1 Å². The lowest BCUT2D eigenvalue weighted by molar-refractivity contribution is -0.136. The molecule has 1 aromatic rings. The van der Waals surface area contributed by atoms with Crippen molar-refractivity contribution in [1.29, 1.82) is 0 Å². The van der Waals surface area contributed by atoms with Crippen molar-refractivity contribution in [2.75, 3.05) is 25.0 Å². The van der Waals surface area contributed by atoms with E-state index in [-0.39, 0.29) is 10.7 Å². The van der Waals surface area contributed by atoms with Crippen LogP contribution in [0, 0.1) is 11.7 Å². The number of nitrogens with zero attached hydrogens (tertiary/aromatic N) is 1. The average molecular weight is 340 g/mol. The summed E-state index contributed by atoms with van der Waals surface area (Å²) in [5.74, 6) is -1.76. The Balaban J connectivity index is 1.44. The summed E-state index contributed by atoms with van der Waals surface area (Å²) in [5.41, 5.74) is 0.202. The van der Waals surface area contributed by atoms with Gasteiger partial charge < -0.3 is 15.5 Å². The van der Waals surface area contributed by atoms with Crippen LogP contribution < -0.4 is 10.6 Å². The standard InChI is InChI=1S/C16H19ClFN3O2/c17-13-4-1-11(7-14(13)18)20-16(23)15(22)19-8-10-5-6-21(9-10)12-2-3-12/h1,4,7,10,12H,2-3,5-6,8-9H2,(H,19,22)(H,20,23)/t10-/m1/s1. The van der Waals surface area contributed by atoms with Gasteiger partial charge in [-0.2, -0.15) is 0 Å². The van der Waals surface area contributed by atoms with E-state index in [9.17, 15) is 14.0 Å². The third-order valence-electron chi connectivity index (χ3n) is 4.32. The molecule has 0 radical (unpaired) electrons. The van der Waals surface area contributed by atoms with Gasteiger partial charge in [0.2, 0.25) is 0 Å². The summed E-state index contributed by atoms with van der Waals surface area (Å²) < 4.78 is 13.3. The second kappa shape index (κ2) is 6.84. The van der Waals surface area contributed by atoms with E-state index < -0.39 is 17.6 Å². The number of amides is 2. The first-order valence-electron chi connectivity index (χ1n) is 7.81. The highest BCUT2D eigenvalue weighted by Gasteiger charge is 2.34. The van der Waals surface area contributed by atoms with Gasteiger partial charge in [-0.25, -0.2) is 4.39 Å². The molecule has 23 heavy (non-hydrogen) atoms. The molecule has 0 aromatic heterocycles. The van der Waals surface area contributed by atoms with Crippen molar-refractivity contribution >= 4 is 29.1 Å². The van der Waals surface area contributed by atoms with Crippen molar-refractivity contribution < 1.29 is 14.0 Å². The molecule has 3 rings (SSSR count). The van der Waals surface area contributed by atoms with Crippen LogP contribution in [0.1, 0.15) is 19.3 Å². The number of nitrogens with one attached hydrogen (secondary N) is 2. The first-order chi connectivity index (χ1) is 11.0. The van der Waals surface area contributed by atoms with Gasteiger partial charge in [0.05, 0.1) is 5.02 Å². The Morgan fingerprint density at radius 2 is 2.04 bits per heavy atom. The molecule has 1 aromatic carbocycles. The first kappa shape index (κ1) is 16.2. The topological polar surface area (TPSA) is 61.4 Å². The van der Waals surface area contributed by atoms with E-state index >= 15 is 0 Å². The van der Waals surface area contributed by atoms with E-state index in [2.05, 4.69) is 15.5 Å². The minimum atomic E-state index is -0.802. The van der Waals surface area contributed by atoms with Crippen molar-refractivity contribution in [2.45, 2.75) is 25.3 Å². The van der Waals surface area contributed by atoms with Crippen molar-refractivity contribution in [3.63, 3.8) is 0 Å². The van der Waals surface area contributed by atoms with Crippen LogP contribution in [0.3, 0.4) is 0 Å². The Morgan fingerprint density at radius 3 is 2.74 bits per heavy atom. The molecule has 5 nitrogen and oxygen atoms in total. The summed E-state index contributed by atoms with van der Waals surface area (Å²) in [6.07, 6.45) is 3.60. The first-order valence-corrected chi connectivity index (χ1v) is 8.19. The molecule has 2 fully saturated rings. The molecule has 1 aliphatic heterocycles. The lowest BCUT2D eigenvalue weighted by atomic mass is 10.1. The minimum Gasteiger partial charge on any atom is -0.347 e. The molecule has 0 bridgehead atoms. The molecule has 1 heterocycles. The molecule has 1 saturated carbocycles. The number of carbonyl (C=O) groups is 2. The fourth-order valence-corrected chi connectivity index (χ4v) is 3.00. The summed E-state index contributed by atoms with van der Waals surface area (Å²) in [7, 11) is 0. The summed E-state index contributed by atoms with van der Waals surface area (Å²) in [5, 5.41) is 4.98. The van der Waals surface area contributed by atoms with E-state index in [0.29, 0.717) is 12.5 Å². The van der Waals surface area contributed by atoms with Crippen molar-refractivity contribution in [3.05, 3.63) is 29.0 Å². The summed E-state index contributed by atoms with van der Waals surface area (Å²) in [4.78, 5) is 26.1. The summed E-state index contributed by atoms with van der Waals surface area (Å²) in [6, 6.07) is 4.59. The largest absolute Gasteiger partial charge is 0.347 e. The van der Waals surface area contributed by atoms with Crippen molar-refractivity contribution in [2.24, 2.45) is 5.92 Å². The van der Waals surface area contributed by atoms with Crippen LogP contribution in [-0.2, 0) is 9.59 Å². The van der Waals surface area contributed by atoms with Crippen LogP contribution in [0.2, 0.25) is 5.02 Å². The number of hydrogen-bond acceptors (Lipinski definition) is 3. The second-order valence-corrected chi connectivity index (χ2v) is 6.58. The molecular formula is C16H19ClFN3O2. The molecule has 2 amide bonds.